The number of amides is 1. The van der Waals surface area contributed by atoms with E-state index in [1.165, 1.54) is 0 Å². The SMILES string of the molecule is CCCC[C@H](N)C(=O)NC1CCCCC1CO. The number of hydrogen-bond acceptors (Lipinski definition) is 3. The van der Waals surface area contributed by atoms with Gasteiger partial charge in [0.1, 0.15) is 0 Å². The highest BCUT2D eigenvalue weighted by molar-refractivity contribution is 5.81. The molecule has 1 aliphatic carbocycles. The summed E-state index contributed by atoms with van der Waals surface area (Å²) in [5, 5.41) is 12.3. The molecular formula is C13H26N2O2. The van der Waals surface area contributed by atoms with Gasteiger partial charge in [-0.3, -0.25) is 4.79 Å². The third kappa shape index (κ3) is 4.64. The van der Waals surface area contributed by atoms with Crippen molar-refractivity contribution in [3.05, 3.63) is 0 Å². The number of carbonyl (C=O) groups is 1. The highest BCUT2D eigenvalue weighted by Gasteiger charge is 2.27. The highest BCUT2D eigenvalue weighted by Crippen LogP contribution is 2.24. The second-order valence-electron chi connectivity index (χ2n) is 5.09. The summed E-state index contributed by atoms with van der Waals surface area (Å²) in [6.07, 6.45) is 7.05. The van der Waals surface area contributed by atoms with Gasteiger partial charge in [-0.15, -0.1) is 0 Å². The van der Waals surface area contributed by atoms with Crippen molar-refractivity contribution in [2.75, 3.05) is 6.61 Å². The first-order valence-electron chi connectivity index (χ1n) is 6.85. The molecule has 4 heteroatoms. The van der Waals surface area contributed by atoms with E-state index in [1.807, 2.05) is 0 Å². The van der Waals surface area contributed by atoms with Gasteiger partial charge in [0.05, 0.1) is 6.04 Å². The molecule has 1 rings (SSSR count). The first kappa shape index (κ1) is 14.5. The Hall–Kier alpha value is -0.610. The molecule has 0 aromatic heterocycles. The van der Waals surface area contributed by atoms with Crippen molar-refractivity contribution in [3.8, 4) is 0 Å². The number of carbonyl (C=O) groups excluding carboxylic acids is 1. The van der Waals surface area contributed by atoms with Crippen LogP contribution >= 0.6 is 0 Å². The van der Waals surface area contributed by atoms with Gasteiger partial charge >= 0.3 is 0 Å². The predicted molar refractivity (Wildman–Crippen MR) is 68.5 cm³/mol. The van der Waals surface area contributed by atoms with Crippen LogP contribution in [0, 0.1) is 5.92 Å². The normalized spacial score (nSPS) is 26.5. The number of unbranched alkanes of at least 4 members (excludes halogenated alkanes) is 1. The van der Waals surface area contributed by atoms with Crippen LogP contribution in [-0.2, 0) is 4.79 Å². The fourth-order valence-electron chi connectivity index (χ4n) is 2.46. The molecule has 0 aromatic carbocycles. The third-order valence-electron chi connectivity index (χ3n) is 3.68. The monoisotopic (exact) mass is 242 g/mol. The van der Waals surface area contributed by atoms with Crippen LogP contribution in [0.1, 0.15) is 51.9 Å². The van der Waals surface area contributed by atoms with Gasteiger partial charge in [0.2, 0.25) is 5.91 Å². The quantitative estimate of drug-likeness (QED) is 0.654. The molecule has 0 aliphatic heterocycles. The molecule has 1 aliphatic rings. The van der Waals surface area contributed by atoms with Crippen LogP contribution in [-0.4, -0.2) is 29.7 Å². The molecule has 0 bridgehead atoms. The largest absolute Gasteiger partial charge is 0.396 e. The summed E-state index contributed by atoms with van der Waals surface area (Å²) in [5.74, 6) is 0.162. The van der Waals surface area contributed by atoms with E-state index in [1.54, 1.807) is 0 Å². The molecule has 0 heterocycles. The zero-order chi connectivity index (χ0) is 12.7. The number of nitrogens with two attached hydrogens (primary N) is 1. The third-order valence-corrected chi connectivity index (χ3v) is 3.68. The van der Waals surface area contributed by atoms with E-state index in [0.717, 1.165) is 44.9 Å². The minimum atomic E-state index is -0.392. The lowest BCUT2D eigenvalue weighted by Crippen LogP contribution is -2.49. The highest BCUT2D eigenvalue weighted by atomic mass is 16.3. The van der Waals surface area contributed by atoms with Crippen LogP contribution < -0.4 is 11.1 Å². The van der Waals surface area contributed by atoms with Gasteiger partial charge in [-0.05, 0) is 19.3 Å². The Morgan fingerprint density at radius 2 is 2.18 bits per heavy atom. The lowest BCUT2D eigenvalue weighted by Gasteiger charge is -2.31. The van der Waals surface area contributed by atoms with Gasteiger partial charge in [-0.1, -0.05) is 32.6 Å². The fourth-order valence-corrected chi connectivity index (χ4v) is 2.46. The van der Waals surface area contributed by atoms with Crippen molar-refractivity contribution < 1.29 is 9.90 Å². The average Bonchev–Trinajstić information content (AvgIpc) is 2.36. The van der Waals surface area contributed by atoms with Crippen LogP contribution in [0.5, 0.6) is 0 Å². The van der Waals surface area contributed by atoms with E-state index in [9.17, 15) is 9.90 Å². The Kier molecular flexibility index (Phi) is 6.52. The van der Waals surface area contributed by atoms with Crippen molar-refractivity contribution in [1.82, 2.24) is 5.32 Å². The second-order valence-corrected chi connectivity index (χ2v) is 5.09. The van der Waals surface area contributed by atoms with Crippen molar-refractivity contribution >= 4 is 5.91 Å². The summed E-state index contributed by atoms with van der Waals surface area (Å²) in [6.45, 7) is 2.25. The zero-order valence-electron chi connectivity index (χ0n) is 10.8. The first-order valence-corrected chi connectivity index (χ1v) is 6.85. The number of rotatable bonds is 6. The first-order chi connectivity index (χ1) is 8.19. The molecule has 0 saturated heterocycles. The van der Waals surface area contributed by atoms with E-state index < -0.39 is 6.04 Å². The lowest BCUT2D eigenvalue weighted by atomic mass is 9.85. The van der Waals surface area contributed by atoms with Crippen LogP contribution in [0.4, 0.5) is 0 Å². The molecule has 3 atom stereocenters. The fraction of sp³-hybridized carbons (Fsp3) is 0.923. The maximum atomic E-state index is 11.9. The van der Waals surface area contributed by atoms with Crippen LogP contribution in [0.3, 0.4) is 0 Å². The van der Waals surface area contributed by atoms with Crippen molar-refractivity contribution in [2.45, 2.75) is 64.0 Å². The Morgan fingerprint density at radius 1 is 1.47 bits per heavy atom. The van der Waals surface area contributed by atoms with E-state index in [0.29, 0.717) is 0 Å². The van der Waals surface area contributed by atoms with E-state index in [2.05, 4.69) is 12.2 Å². The summed E-state index contributed by atoms with van der Waals surface area (Å²) < 4.78 is 0. The Balaban J connectivity index is 2.37. The summed E-state index contributed by atoms with van der Waals surface area (Å²) in [6, 6.07) is -0.273. The minimum absolute atomic E-state index is 0.0520. The van der Waals surface area contributed by atoms with Gasteiger partial charge in [0.15, 0.2) is 0 Å². The molecule has 1 fully saturated rings. The summed E-state index contributed by atoms with van der Waals surface area (Å²) >= 11 is 0. The zero-order valence-corrected chi connectivity index (χ0v) is 10.8. The summed E-state index contributed by atoms with van der Waals surface area (Å²) in [7, 11) is 0. The average molecular weight is 242 g/mol. The molecule has 0 spiro atoms. The van der Waals surface area contributed by atoms with Crippen LogP contribution in [0.25, 0.3) is 0 Å². The van der Waals surface area contributed by atoms with Gasteiger partial charge < -0.3 is 16.2 Å². The van der Waals surface area contributed by atoms with Crippen LogP contribution in [0.2, 0.25) is 0 Å². The van der Waals surface area contributed by atoms with Crippen LogP contribution in [0.15, 0.2) is 0 Å². The van der Waals surface area contributed by atoms with Crippen molar-refractivity contribution in [2.24, 2.45) is 11.7 Å². The molecule has 4 nitrogen and oxygen atoms in total. The topological polar surface area (TPSA) is 75.4 Å². The Labute approximate surface area is 104 Å². The van der Waals surface area contributed by atoms with E-state index in [4.69, 9.17) is 5.73 Å². The van der Waals surface area contributed by atoms with Gasteiger partial charge in [-0.2, -0.15) is 0 Å². The van der Waals surface area contributed by atoms with Crippen molar-refractivity contribution in [1.29, 1.82) is 0 Å². The number of nitrogens with one attached hydrogen (secondary N) is 1. The lowest BCUT2D eigenvalue weighted by molar-refractivity contribution is -0.124. The molecule has 17 heavy (non-hydrogen) atoms. The molecule has 4 N–H and O–H groups in total. The molecule has 1 amide bonds. The number of hydrogen-bond donors (Lipinski definition) is 3. The van der Waals surface area contributed by atoms with E-state index >= 15 is 0 Å². The second kappa shape index (κ2) is 7.67. The predicted octanol–water partition coefficient (Wildman–Crippen LogP) is 1.17. The summed E-state index contributed by atoms with van der Waals surface area (Å²) in [5.41, 5.74) is 5.83. The molecular weight excluding hydrogens is 216 g/mol. The molecule has 0 radical (unpaired) electrons. The molecule has 0 aromatic rings. The van der Waals surface area contributed by atoms with Gasteiger partial charge in [0, 0.05) is 18.6 Å². The Morgan fingerprint density at radius 3 is 2.82 bits per heavy atom. The molecule has 100 valence electrons. The maximum absolute atomic E-state index is 11.9. The molecule has 2 unspecified atom stereocenters. The summed E-state index contributed by atoms with van der Waals surface area (Å²) in [4.78, 5) is 11.9. The minimum Gasteiger partial charge on any atom is -0.396 e. The standard InChI is InChI=1S/C13H26N2O2/c1-2-3-7-11(14)13(17)15-12-8-5-4-6-10(12)9-16/h10-12,16H,2-9,14H2,1H3,(H,15,17)/t10?,11-,12?/m0/s1. The number of aliphatic hydroxyl groups is 1. The number of aliphatic hydroxyl groups excluding tert-OH is 1. The van der Waals surface area contributed by atoms with Gasteiger partial charge in [0.25, 0.3) is 0 Å². The Bertz CT molecular complexity index is 233. The molecule has 1 saturated carbocycles. The van der Waals surface area contributed by atoms with Gasteiger partial charge in [-0.25, -0.2) is 0 Å². The maximum Gasteiger partial charge on any atom is 0.237 e. The van der Waals surface area contributed by atoms with E-state index in [-0.39, 0.29) is 24.5 Å². The smallest absolute Gasteiger partial charge is 0.237 e. The van der Waals surface area contributed by atoms with Crippen molar-refractivity contribution in [3.63, 3.8) is 0 Å².